The fraction of sp³-hybridized carbons (Fsp3) is 0.208. The van der Waals surface area contributed by atoms with Gasteiger partial charge < -0.3 is 5.32 Å². The van der Waals surface area contributed by atoms with Gasteiger partial charge in [0, 0.05) is 23.4 Å². The zero-order valence-corrected chi connectivity index (χ0v) is 17.5. The molecule has 0 atom stereocenters. The molecule has 1 aromatic carbocycles. The molecule has 1 fully saturated rings. The topological polar surface area (TPSA) is 85.6 Å². The first kappa shape index (κ1) is 20.0. The van der Waals surface area contributed by atoms with Gasteiger partial charge in [-0.1, -0.05) is 18.2 Å². The van der Waals surface area contributed by atoms with Gasteiger partial charge >= 0.3 is 0 Å². The minimum absolute atomic E-state index is 0.216. The molecular weight excluding hydrogens is 407 g/mol. The molecule has 0 bridgehead atoms. The second-order valence-corrected chi connectivity index (χ2v) is 7.80. The maximum absolute atomic E-state index is 14.2. The zero-order chi connectivity index (χ0) is 22.1. The molecular formula is C24H21FN6O. The molecule has 1 N–H and O–H groups in total. The van der Waals surface area contributed by atoms with Gasteiger partial charge in [-0.05, 0) is 50.1 Å². The summed E-state index contributed by atoms with van der Waals surface area (Å²) < 4.78 is 15.8. The molecule has 3 aromatic heterocycles. The number of benzene rings is 1. The van der Waals surface area contributed by atoms with Gasteiger partial charge in [0.1, 0.15) is 5.82 Å². The maximum Gasteiger partial charge on any atom is 0.255 e. The van der Waals surface area contributed by atoms with Gasteiger partial charge in [0.15, 0.2) is 0 Å². The lowest BCUT2D eigenvalue weighted by Crippen LogP contribution is -2.24. The first-order valence-corrected chi connectivity index (χ1v) is 10.5. The molecule has 0 saturated heterocycles. The average molecular weight is 428 g/mol. The fourth-order valence-corrected chi connectivity index (χ4v) is 3.68. The van der Waals surface area contributed by atoms with Gasteiger partial charge in [0.2, 0.25) is 0 Å². The number of aryl methyl sites for hydroxylation is 1. The summed E-state index contributed by atoms with van der Waals surface area (Å²) in [7, 11) is 0. The van der Waals surface area contributed by atoms with Crippen molar-refractivity contribution in [2.24, 2.45) is 0 Å². The Morgan fingerprint density at radius 2 is 1.97 bits per heavy atom. The lowest BCUT2D eigenvalue weighted by atomic mass is 10.1. The summed E-state index contributed by atoms with van der Waals surface area (Å²) >= 11 is 0. The number of carbonyl (C=O) groups excluding carboxylic acids is 1. The molecule has 32 heavy (non-hydrogen) atoms. The molecule has 1 aliphatic carbocycles. The van der Waals surface area contributed by atoms with Crippen molar-refractivity contribution >= 4 is 5.91 Å². The molecule has 5 rings (SSSR count). The smallest absolute Gasteiger partial charge is 0.255 e. The van der Waals surface area contributed by atoms with E-state index in [1.807, 2.05) is 25.1 Å². The SMILES string of the molecule is Cc1cccc(CNC(=O)c2cnn(-c3nccc(-c4ccccc4F)n3)c2C2CC2)n1. The van der Waals surface area contributed by atoms with Gasteiger partial charge in [-0.2, -0.15) is 5.10 Å². The Labute approximate surface area is 184 Å². The number of hydrogen-bond acceptors (Lipinski definition) is 5. The van der Waals surface area contributed by atoms with Gasteiger partial charge in [-0.3, -0.25) is 9.78 Å². The Morgan fingerprint density at radius 1 is 1.12 bits per heavy atom. The number of carbonyl (C=O) groups is 1. The molecule has 0 spiro atoms. The van der Waals surface area contributed by atoms with E-state index in [1.165, 1.54) is 6.07 Å². The molecule has 7 nitrogen and oxygen atoms in total. The van der Waals surface area contributed by atoms with E-state index in [0.29, 0.717) is 29.3 Å². The average Bonchev–Trinajstić information content (AvgIpc) is 3.55. The highest BCUT2D eigenvalue weighted by molar-refractivity contribution is 5.95. The molecule has 0 aliphatic heterocycles. The van der Waals surface area contributed by atoms with Crippen LogP contribution in [0.4, 0.5) is 4.39 Å². The van der Waals surface area contributed by atoms with Crippen molar-refractivity contribution < 1.29 is 9.18 Å². The van der Waals surface area contributed by atoms with Crippen LogP contribution in [0.25, 0.3) is 17.2 Å². The lowest BCUT2D eigenvalue weighted by molar-refractivity contribution is 0.0949. The van der Waals surface area contributed by atoms with Crippen LogP contribution in [0.5, 0.6) is 0 Å². The first-order valence-electron chi connectivity index (χ1n) is 10.5. The number of hydrogen-bond donors (Lipinski definition) is 1. The second kappa shape index (κ2) is 8.30. The van der Waals surface area contributed by atoms with Crippen molar-refractivity contribution in [3.05, 3.63) is 89.4 Å². The third kappa shape index (κ3) is 3.99. The monoisotopic (exact) mass is 428 g/mol. The maximum atomic E-state index is 14.2. The van der Waals surface area contributed by atoms with Gasteiger partial charge in [-0.25, -0.2) is 19.0 Å². The largest absolute Gasteiger partial charge is 0.346 e. The highest BCUT2D eigenvalue weighted by Gasteiger charge is 2.33. The Morgan fingerprint density at radius 3 is 2.75 bits per heavy atom. The van der Waals surface area contributed by atoms with E-state index in [9.17, 15) is 9.18 Å². The van der Waals surface area contributed by atoms with E-state index in [-0.39, 0.29) is 17.6 Å². The summed E-state index contributed by atoms with van der Waals surface area (Å²) in [5, 5.41) is 7.35. The van der Waals surface area contributed by atoms with E-state index < -0.39 is 0 Å². The van der Waals surface area contributed by atoms with Crippen LogP contribution in [0, 0.1) is 12.7 Å². The molecule has 0 radical (unpaired) electrons. The van der Waals surface area contributed by atoms with E-state index >= 15 is 0 Å². The Hall–Kier alpha value is -3.94. The molecule has 1 amide bonds. The number of aromatic nitrogens is 5. The highest BCUT2D eigenvalue weighted by Crippen LogP contribution is 2.42. The van der Waals surface area contributed by atoms with E-state index in [1.54, 1.807) is 41.3 Å². The third-order valence-electron chi connectivity index (χ3n) is 5.37. The number of nitrogens with zero attached hydrogens (tertiary/aromatic N) is 5. The van der Waals surface area contributed by atoms with E-state index in [2.05, 4.69) is 25.4 Å². The summed E-state index contributed by atoms with van der Waals surface area (Å²) in [5.41, 5.74) is 3.82. The minimum atomic E-state index is -0.357. The van der Waals surface area contributed by atoms with E-state index in [0.717, 1.165) is 29.9 Å². The van der Waals surface area contributed by atoms with Crippen molar-refractivity contribution in [1.29, 1.82) is 0 Å². The molecule has 3 heterocycles. The fourth-order valence-electron chi connectivity index (χ4n) is 3.68. The number of halogens is 1. The second-order valence-electron chi connectivity index (χ2n) is 7.80. The number of nitrogens with one attached hydrogen (secondary N) is 1. The predicted molar refractivity (Wildman–Crippen MR) is 117 cm³/mol. The minimum Gasteiger partial charge on any atom is -0.346 e. The normalized spacial score (nSPS) is 13.2. The Balaban J connectivity index is 1.45. The Bertz CT molecular complexity index is 1300. The quantitative estimate of drug-likeness (QED) is 0.502. The third-order valence-corrected chi connectivity index (χ3v) is 5.37. The highest BCUT2D eigenvalue weighted by atomic mass is 19.1. The summed E-state index contributed by atoms with van der Waals surface area (Å²) in [5.74, 6) is -0.0420. The number of amides is 1. The summed E-state index contributed by atoms with van der Waals surface area (Å²) in [4.78, 5) is 26.2. The van der Waals surface area contributed by atoms with Crippen LogP contribution in [-0.2, 0) is 6.54 Å². The van der Waals surface area contributed by atoms with Crippen molar-refractivity contribution in [3.63, 3.8) is 0 Å². The summed E-state index contributed by atoms with van der Waals surface area (Å²) in [6, 6.07) is 13.8. The molecule has 1 aliphatic rings. The van der Waals surface area contributed by atoms with Crippen LogP contribution in [-0.4, -0.2) is 30.6 Å². The van der Waals surface area contributed by atoms with Crippen LogP contribution in [0.2, 0.25) is 0 Å². The molecule has 4 aromatic rings. The van der Waals surface area contributed by atoms with Crippen molar-refractivity contribution in [2.45, 2.75) is 32.2 Å². The molecule has 160 valence electrons. The summed E-state index contributed by atoms with van der Waals surface area (Å²) in [6.45, 7) is 2.24. The number of rotatable bonds is 6. The van der Waals surface area contributed by atoms with E-state index in [4.69, 9.17) is 0 Å². The van der Waals surface area contributed by atoms with Crippen LogP contribution < -0.4 is 5.32 Å². The molecule has 1 saturated carbocycles. The van der Waals surface area contributed by atoms with Crippen LogP contribution in [0.1, 0.15) is 46.2 Å². The zero-order valence-electron chi connectivity index (χ0n) is 17.5. The Kier molecular flexibility index (Phi) is 5.18. The lowest BCUT2D eigenvalue weighted by Gasteiger charge is -2.10. The van der Waals surface area contributed by atoms with Crippen LogP contribution >= 0.6 is 0 Å². The summed E-state index contributed by atoms with van der Waals surface area (Å²) in [6.07, 6.45) is 5.06. The van der Waals surface area contributed by atoms with Gasteiger partial charge in [-0.15, -0.1) is 0 Å². The standard InChI is InChI=1S/C24H21FN6O/c1-15-5-4-6-17(29-15)13-27-23(32)19-14-28-31(22(19)16-9-10-16)24-26-12-11-21(30-24)18-7-2-3-8-20(18)25/h2-8,11-12,14,16H,9-10,13H2,1H3,(H,27,32). The van der Waals surface area contributed by atoms with Gasteiger partial charge in [0.25, 0.3) is 11.9 Å². The molecule has 8 heteroatoms. The molecule has 0 unspecified atom stereocenters. The van der Waals surface area contributed by atoms with Crippen molar-refractivity contribution in [1.82, 2.24) is 30.0 Å². The van der Waals surface area contributed by atoms with Crippen molar-refractivity contribution in [3.8, 4) is 17.2 Å². The van der Waals surface area contributed by atoms with Crippen molar-refractivity contribution in [2.75, 3.05) is 0 Å². The van der Waals surface area contributed by atoms with Crippen LogP contribution in [0.3, 0.4) is 0 Å². The predicted octanol–water partition coefficient (Wildman–Crippen LogP) is 3.98. The van der Waals surface area contributed by atoms with Gasteiger partial charge in [0.05, 0.1) is 35.4 Å². The number of pyridine rings is 1. The first-order chi connectivity index (χ1) is 15.6. The van der Waals surface area contributed by atoms with Crippen LogP contribution in [0.15, 0.2) is 60.9 Å².